The topological polar surface area (TPSA) is 62.4 Å². The first-order valence-electron chi connectivity index (χ1n) is 5.53. The van der Waals surface area contributed by atoms with Gasteiger partial charge in [0.1, 0.15) is 11.6 Å². The van der Waals surface area contributed by atoms with Gasteiger partial charge in [0, 0.05) is 6.54 Å². The molecule has 0 aromatic carbocycles. The number of aliphatic hydroxyl groups is 1. The summed E-state index contributed by atoms with van der Waals surface area (Å²) in [5.74, 6) is 1.29. The number of nitrogen functional groups attached to an aromatic ring is 1. The van der Waals surface area contributed by atoms with Crippen molar-refractivity contribution in [1.29, 1.82) is 0 Å². The summed E-state index contributed by atoms with van der Waals surface area (Å²) in [6.07, 6.45) is 1.01. The number of halogens is 2. The minimum atomic E-state index is 0.0422. The van der Waals surface area contributed by atoms with E-state index in [-0.39, 0.29) is 18.5 Å². The number of nitrogens with two attached hydrogens (primary N) is 1. The molecule has 1 aliphatic rings. The highest BCUT2D eigenvalue weighted by atomic mass is 35.5. The zero-order valence-electron chi connectivity index (χ0n) is 9.53. The van der Waals surface area contributed by atoms with Gasteiger partial charge < -0.3 is 15.7 Å². The first-order chi connectivity index (χ1) is 8.04. The van der Waals surface area contributed by atoms with Gasteiger partial charge in [-0.2, -0.15) is 0 Å². The van der Waals surface area contributed by atoms with Crippen LogP contribution in [0.15, 0.2) is 6.07 Å². The SMILES string of the molecule is CC1CCN(c2nc(N)c(Cl)cc2Cl)C1CO. The quantitative estimate of drug-likeness (QED) is 0.869. The van der Waals surface area contributed by atoms with Crippen LogP contribution in [0.5, 0.6) is 0 Å². The normalized spacial score (nSPS) is 24.4. The predicted molar refractivity (Wildman–Crippen MR) is 70.7 cm³/mol. The first-order valence-corrected chi connectivity index (χ1v) is 6.29. The molecule has 3 N–H and O–H groups in total. The monoisotopic (exact) mass is 275 g/mol. The van der Waals surface area contributed by atoms with Crippen LogP contribution in [0.1, 0.15) is 13.3 Å². The summed E-state index contributed by atoms with van der Waals surface area (Å²) in [6.45, 7) is 3.01. The molecule has 0 bridgehead atoms. The van der Waals surface area contributed by atoms with Crippen LogP contribution in [0.2, 0.25) is 10.0 Å². The van der Waals surface area contributed by atoms with E-state index in [4.69, 9.17) is 28.9 Å². The molecule has 0 spiro atoms. The molecule has 1 aromatic rings. The second kappa shape index (κ2) is 4.88. The third-order valence-corrected chi connectivity index (χ3v) is 3.86. The summed E-state index contributed by atoms with van der Waals surface area (Å²) in [5, 5.41) is 10.2. The molecule has 1 aliphatic heterocycles. The minimum Gasteiger partial charge on any atom is -0.394 e. The molecule has 1 fully saturated rings. The maximum absolute atomic E-state index is 9.41. The van der Waals surface area contributed by atoms with Crippen molar-refractivity contribution in [3.05, 3.63) is 16.1 Å². The number of aliphatic hydroxyl groups excluding tert-OH is 1. The number of hydrogen-bond acceptors (Lipinski definition) is 4. The van der Waals surface area contributed by atoms with E-state index >= 15 is 0 Å². The van der Waals surface area contributed by atoms with Crippen molar-refractivity contribution >= 4 is 34.8 Å². The largest absolute Gasteiger partial charge is 0.394 e. The zero-order chi connectivity index (χ0) is 12.6. The molecule has 17 heavy (non-hydrogen) atoms. The second-order valence-electron chi connectivity index (χ2n) is 4.37. The molecule has 0 amide bonds. The Kier molecular flexibility index (Phi) is 3.66. The fourth-order valence-electron chi connectivity index (χ4n) is 2.22. The predicted octanol–water partition coefficient (Wildman–Crippen LogP) is 2.18. The van der Waals surface area contributed by atoms with Gasteiger partial charge in [0.25, 0.3) is 0 Å². The number of aromatic nitrogens is 1. The van der Waals surface area contributed by atoms with Crippen LogP contribution in [0.4, 0.5) is 11.6 Å². The van der Waals surface area contributed by atoms with Gasteiger partial charge in [0.05, 0.1) is 22.7 Å². The number of rotatable bonds is 2. The summed E-state index contributed by atoms with van der Waals surface area (Å²) in [6, 6.07) is 1.64. The van der Waals surface area contributed by atoms with Gasteiger partial charge in [0.2, 0.25) is 0 Å². The van der Waals surface area contributed by atoms with Crippen LogP contribution in [0, 0.1) is 5.92 Å². The lowest BCUT2D eigenvalue weighted by Gasteiger charge is -2.27. The number of pyridine rings is 1. The van der Waals surface area contributed by atoms with Gasteiger partial charge in [-0.3, -0.25) is 0 Å². The number of anilines is 2. The maximum Gasteiger partial charge on any atom is 0.150 e. The Balaban J connectivity index is 2.37. The third-order valence-electron chi connectivity index (χ3n) is 3.28. The van der Waals surface area contributed by atoms with E-state index in [9.17, 15) is 5.11 Å². The Morgan fingerprint density at radius 1 is 1.53 bits per heavy atom. The van der Waals surface area contributed by atoms with Gasteiger partial charge in [0.15, 0.2) is 0 Å². The maximum atomic E-state index is 9.41. The lowest BCUT2D eigenvalue weighted by molar-refractivity contribution is 0.244. The van der Waals surface area contributed by atoms with Gasteiger partial charge in [-0.15, -0.1) is 0 Å². The van der Waals surface area contributed by atoms with E-state index in [1.807, 2.05) is 4.90 Å². The molecule has 0 radical (unpaired) electrons. The summed E-state index contributed by atoms with van der Waals surface area (Å²) < 4.78 is 0. The van der Waals surface area contributed by atoms with Crippen LogP contribution in [-0.2, 0) is 0 Å². The van der Waals surface area contributed by atoms with Crippen molar-refractivity contribution in [3.63, 3.8) is 0 Å². The fraction of sp³-hybridized carbons (Fsp3) is 0.545. The Bertz CT molecular complexity index is 427. The van der Waals surface area contributed by atoms with Gasteiger partial charge in [-0.25, -0.2) is 4.98 Å². The molecule has 1 aromatic heterocycles. The number of hydrogen-bond donors (Lipinski definition) is 2. The molecule has 2 unspecified atom stereocenters. The molecule has 2 heterocycles. The third kappa shape index (κ3) is 2.30. The highest BCUT2D eigenvalue weighted by molar-refractivity contribution is 6.37. The minimum absolute atomic E-state index is 0.0422. The summed E-state index contributed by atoms with van der Waals surface area (Å²) >= 11 is 12.0. The Morgan fingerprint density at radius 3 is 2.88 bits per heavy atom. The second-order valence-corrected chi connectivity index (χ2v) is 5.18. The van der Waals surface area contributed by atoms with Gasteiger partial charge in [-0.05, 0) is 18.4 Å². The van der Waals surface area contributed by atoms with E-state index in [0.717, 1.165) is 13.0 Å². The van der Waals surface area contributed by atoms with Crippen molar-refractivity contribution in [1.82, 2.24) is 4.98 Å². The molecule has 2 atom stereocenters. The molecule has 0 aliphatic carbocycles. The van der Waals surface area contributed by atoms with Crippen molar-refractivity contribution < 1.29 is 5.11 Å². The average Bonchev–Trinajstić information content (AvgIpc) is 2.64. The highest BCUT2D eigenvalue weighted by Gasteiger charge is 2.32. The van der Waals surface area contributed by atoms with E-state index in [2.05, 4.69) is 11.9 Å². The van der Waals surface area contributed by atoms with Crippen LogP contribution in [0.3, 0.4) is 0 Å². The lowest BCUT2D eigenvalue weighted by Crippen LogP contribution is -2.36. The van der Waals surface area contributed by atoms with Crippen LogP contribution in [-0.4, -0.2) is 29.3 Å². The molecule has 94 valence electrons. The average molecular weight is 276 g/mol. The van der Waals surface area contributed by atoms with Crippen molar-refractivity contribution in [2.45, 2.75) is 19.4 Å². The molecule has 1 saturated heterocycles. The lowest BCUT2D eigenvalue weighted by atomic mass is 10.0. The van der Waals surface area contributed by atoms with E-state index in [1.165, 1.54) is 0 Å². The zero-order valence-corrected chi connectivity index (χ0v) is 11.0. The Labute approximate surface area is 110 Å². The van der Waals surface area contributed by atoms with Crippen molar-refractivity contribution in [3.8, 4) is 0 Å². The van der Waals surface area contributed by atoms with Crippen LogP contribution in [0.25, 0.3) is 0 Å². The van der Waals surface area contributed by atoms with Crippen molar-refractivity contribution in [2.24, 2.45) is 5.92 Å². The summed E-state index contributed by atoms with van der Waals surface area (Å²) in [7, 11) is 0. The Hall–Kier alpha value is -0.710. The summed E-state index contributed by atoms with van der Waals surface area (Å²) in [4.78, 5) is 6.22. The van der Waals surface area contributed by atoms with Crippen molar-refractivity contribution in [2.75, 3.05) is 23.8 Å². The molecule has 2 rings (SSSR count). The first kappa shape index (κ1) is 12.7. The number of nitrogens with zero attached hydrogens (tertiary/aromatic N) is 2. The standard InChI is InChI=1S/C11H15Cl2N3O/c1-6-2-3-16(9(6)5-17)11-8(13)4-7(12)10(14)15-11/h4,6,9,17H,2-3,5H2,1H3,(H2,14,15). The smallest absolute Gasteiger partial charge is 0.150 e. The fourth-order valence-corrected chi connectivity index (χ4v) is 2.69. The summed E-state index contributed by atoms with van der Waals surface area (Å²) in [5.41, 5.74) is 5.69. The highest BCUT2D eigenvalue weighted by Crippen LogP contribution is 2.35. The Morgan fingerprint density at radius 2 is 2.24 bits per heavy atom. The molecule has 4 nitrogen and oxygen atoms in total. The van der Waals surface area contributed by atoms with Crippen LogP contribution < -0.4 is 10.6 Å². The van der Waals surface area contributed by atoms with E-state index < -0.39 is 0 Å². The van der Waals surface area contributed by atoms with E-state index in [0.29, 0.717) is 21.8 Å². The van der Waals surface area contributed by atoms with E-state index in [1.54, 1.807) is 6.07 Å². The molecular formula is C11H15Cl2N3O. The molecule has 0 saturated carbocycles. The van der Waals surface area contributed by atoms with Gasteiger partial charge in [-0.1, -0.05) is 30.1 Å². The molecular weight excluding hydrogens is 261 g/mol. The van der Waals surface area contributed by atoms with Gasteiger partial charge >= 0.3 is 0 Å². The molecule has 6 heteroatoms. The van der Waals surface area contributed by atoms with Crippen LogP contribution >= 0.6 is 23.2 Å².